The third-order valence-corrected chi connectivity index (χ3v) is 2.02. The highest BCUT2D eigenvalue weighted by Crippen LogP contribution is 2.28. The summed E-state index contributed by atoms with van der Waals surface area (Å²) in [6, 6.07) is 5.39. The zero-order valence-electron chi connectivity index (χ0n) is 9.20. The molecule has 0 saturated heterocycles. The lowest BCUT2D eigenvalue weighted by Gasteiger charge is -2.09. The average molecular weight is 241 g/mol. The van der Waals surface area contributed by atoms with Crippen molar-refractivity contribution < 1.29 is 14.3 Å². The van der Waals surface area contributed by atoms with E-state index in [1.54, 1.807) is 25.3 Å². The van der Waals surface area contributed by atoms with Gasteiger partial charge in [-0.05, 0) is 42.3 Å². The number of hydrogen-bond donors (Lipinski definition) is 0. The quantitative estimate of drug-likeness (QED) is 0.587. The first kappa shape index (κ1) is 12.6. The van der Waals surface area contributed by atoms with Crippen LogP contribution in [-0.4, -0.2) is 19.0 Å². The van der Waals surface area contributed by atoms with Gasteiger partial charge in [0.15, 0.2) is 11.5 Å². The molecule has 86 valence electrons. The summed E-state index contributed by atoms with van der Waals surface area (Å²) in [5.41, 5.74) is 0.828. The Kier molecular flexibility index (Phi) is 4.86. The number of hydrogen-bond acceptors (Lipinski definition) is 3. The van der Waals surface area contributed by atoms with Crippen molar-refractivity contribution in [3.63, 3.8) is 0 Å². The molecule has 0 spiro atoms. The zero-order chi connectivity index (χ0) is 12.0. The molecule has 0 aliphatic heterocycles. The van der Waals surface area contributed by atoms with Gasteiger partial charge in [0.2, 0.25) is 5.24 Å². The van der Waals surface area contributed by atoms with Gasteiger partial charge in [0, 0.05) is 0 Å². The number of methoxy groups -OCH3 is 1. The summed E-state index contributed by atoms with van der Waals surface area (Å²) < 4.78 is 10.5. The molecule has 0 radical (unpaired) electrons. The molecule has 0 fully saturated rings. The lowest BCUT2D eigenvalue weighted by molar-refractivity contribution is -0.107. The van der Waals surface area contributed by atoms with Gasteiger partial charge in [-0.15, -0.1) is 0 Å². The van der Waals surface area contributed by atoms with Gasteiger partial charge in [0.25, 0.3) is 0 Å². The summed E-state index contributed by atoms with van der Waals surface area (Å²) in [5.74, 6) is 1.31. The number of allylic oxidation sites excluding steroid dienone is 1. The van der Waals surface area contributed by atoms with Crippen LogP contribution in [0.2, 0.25) is 0 Å². The molecule has 0 saturated carbocycles. The largest absolute Gasteiger partial charge is 0.493 e. The van der Waals surface area contributed by atoms with Crippen molar-refractivity contribution in [2.75, 3.05) is 13.7 Å². The molecule has 0 bridgehead atoms. The summed E-state index contributed by atoms with van der Waals surface area (Å²) >= 11 is 5.20. The van der Waals surface area contributed by atoms with Crippen LogP contribution < -0.4 is 9.47 Å². The Labute approximate surface area is 99.6 Å². The van der Waals surface area contributed by atoms with E-state index < -0.39 is 5.24 Å². The van der Waals surface area contributed by atoms with Crippen LogP contribution in [0.25, 0.3) is 6.08 Å². The van der Waals surface area contributed by atoms with Gasteiger partial charge in [0.1, 0.15) is 0 Å². The Hall–Kier alpha value is -1.48. The van der Waals surface area contributed by atoms with Crippen LogP contribution >= 0.6 is 11.6 Å². The summed E-state index contributed by atoms with van der Waals surface area (Å²) in [6.07, 6.45) is 2.91. The topological polar surface area (TPSA) is 35.5 Å². The van der Waals surface area contributed by atoms with Gasteiger partial charge in [-0.1, -0.05) is 12.1 Å². The van der Waals surface area contributed by atoms with Crippen LogP contribution in [0, 0.1) is 0 Å². The minimum Gasteiger partial charge on any atom is -0.493 e. The smallest absolute Gasteiger partial charge is 0.245 e. The van der Waals surface area contributed by atoms with Crippen molar-refractivity contribution in [1.82, 2.24) is 0 Å². The van der Waals surface area contributed by atoms with Gasteiger partial charge in [-0.2, -0.15) is 0 Å². The Balaban J connectivity index is 2.94. The number of carbonyl (C=O) groups excluding carboxylic acids is 1. The molecule has 0 aliphatic carbocycles. The molecule has 0 N–H and O–H groups in total. The van der Waals surface area contributed by atoms with Crippen LogP contribution in [0.15, 0.2) is 24.3 Å². The number of halogens is 1. The highest BCUT2D eigenvalue weighted by atomic mass is 35.5. The Morgan fingerprint density at radius 3 is 2.75 bits per heavy atom. The van der Waals surface area contributed by atoms with Crippen molar-refractivity contribution in [3.05, 3.63) is 29.8 Å². The van der Waals surface area contributed by atoms with E-state index in [1.807, 2.05) is 13.0 Å². The maximum absolute atomic E-state index is 10.6. The first-order valence-corrected chi connectivity index (χ1v) is 5.23. The predicted octanol–water partition coefficient (Wildman–Crippen LogP) is 2.87. The standard InChI is InChI=1S/C12H13ClO3/c1-3-16-10-6-4-9(5-7-12(13)14)8-11(10)15-2/h4-8H,3H2,1-2H3. The zero-order valence-corrected chi connectivity index (χ0v) is 9.95. The second kappa shape index (κ2) is 6.18. The normalized spacial score (nSPS) is 10.4. The second-order valence-electron chi connectivity index (χ2n) is 2.98. The molecule has 1 aromatic rings. The molecule has 0 unspecified atom stereocenters. The van der Waals surface area contributed by atoms with Crippen molar-refractivity contribution in [1.29, 1.82) is 0 Å². The number of rotatable bonds is 5. The van der Waals surface area contributed by atoms with Gasteiger partial charge in [-0.25, -0.2) is 0 Å². The summed E-state index contributed by atoms with van der Waals surface area (Å²) in [4.78, 5) is 10.6. The van der Waals surface area contributed by atoms with E-state index in [0.717, 1.165) is 5.56 Å². The lowest BCUT2D eigenvalue weighted by atomic mass is 10.2. The van der Waals surface area contributed by atoms with Crippen LogP contribution in [-0.2, 0) is 4.79 Å². The minimum atomic E-state index is -0.507. The second-order valence-corrected chi connectivity index (χ2v) is 3.35. The lowest BCUT2D eigenvalue weighted by Crippen LogP contribution is -1.95. The van der Waals surface area contributed by atoms with Crippen LogP contribution in [0.5, 0.6) is 11.5 Å². The summed E-state index contributed by atoms with van der Waals surface area (Å²) in [7, 11) is 1.57. The molecular weight excluding hydrogens is 228 g/mol. The number of benzene rings is 1. The summed E-state index contributed by atoms with van der Waals surface area (Å²) in [5, 5.41) is -0.507. The molecule has 4 heteroatoms. The molecule has 0 aliphatic rings. The molecular formula is C12H13ClO3. The van der Waals surface area contributed by atoms with E-state index >= 15 is 0 Å². The van der Waals surface area contributed by atoms with Crippen LogP contribution in [0.1, 0.15) is 12.5 Å². The van der Waals surface area contributed by atoms with E-state index in [9.17, 15) is 4.79 Å². The summed E-state index contributed by atoms with van der Waals surface area (Å²) in [6.45, 7) is 2.48. The van der Waals surface area contributed by atoms with Crippen LogP contribution in [0.3, 0.4) is 0 Å². The number of ether oxygens (including phenoxy) is 2. The predicted molar refractivity (Wildman–Crippen MR) is 64.1 cm³/mol. The van der Waals surface area contributed by atoms with E-state index in [4.69, 9.17) is 21.1 Å². The third kappa shape index (κ3) is 3.59. The maximum atomic E-state index is 10.6. The van der Waals surface area contributed by atoms with E-state index in [-0.39, 0.29) is 0 Å². The van der Waals surface area contributed by atoms with E-state index in [0.29, 0.717) is 18.1 Å². The highest BCUT2D eigenvalue weighted by molar-refractivity contribution is 6.66. The van der Waals surface area contributed by atoms with Crippen molar-refractivity contribution >= 4 is 22.9 Å². The van der Waals surface area contributed by atoms with E-state index in [1.165, 1.54) is 6.08 Å². The first-order valence-electron chi connectivity index (χ1n) is 4.85. The molecule has 1 rings (SSSR count). The Morgan fingerprint density at radius 2 is 2.19 bits per heavy atom. The van der Waals surface area contributed by atoms with Crippen molar-refractivity contribution in [3.8, 4) is 11.5 Å². The molecule has 0 amide bonds. The monoisotopic (exact) mass is 240 g/mol. The molecule has 1 aromatic carbocycles. The molecule has 0 atom stereocenters. The fourth-order valence-electron chi connectivity index (χ4n) is 1.22. The SMILES string of the molecule is CCOc1ccc(C=CC(=O)Cl)cc1OC. The molecule has 0 heterocycles. The Bertz CT molecular complexity index is 399. The first-order chi connectivity index (χ1) is 7.67. The van der Waals surface area contributed by atoms with Crippen molar-refractivity contribution in [2.24, 2.45) is 0 Å². The average Bonchev–Trinajstić information content (AvgIpc) is 2.28. The highest BCUT2D eigenvalue weighted by Gasteiger charge is 2.03. The van der Waals surface area contributed by atoms with Gasteiger partial charge in [0.05, 0.1) is 13.7 Å². The van der Waals surface area contributed by atoms with Gasteiger partial charge in [-0.3, -0.25) is 4.79 Å². The minimum absolute atomic E-state index is 0.507. The van der Waals surface area contributed by atoms with Crippen molar-refractivity contribution in [2.45, 2.75) is 6.92 Å². The van der Waals surface area contributed by atoms with Gasteiger partial charge >= 0.3 is 0 Å². The van der Waals surface area contributed by atoms with Gasteiger partial charge < -0.3 is 9.47 Å². The fourth-order valence-corrected chi connectivity index (χ4v) is 1.29. The number of carbonyl (C=O) groups is 1. The van der Waals surface area contributed by atoms with E-state index in [2.05, 4.69) is 0 Å². The molecule has 0 aromatic heterocycles. The Morgan fingerprint density at radius 1 is 1.44 bits per heavy atom. The fraction of sp³-hybridized carbons (Fsp3) is 0.250. The molecule has 3 nitrogen and oxygen atoms in total. The maximum Gasteiger partial charge on any atom is 0.245 e. The third-order valence-electron chi connectivity index (χ3n) is 1.89. The molecule has 16 heavy (non-hydrogen) atoms. The van der Waals surface area contributed by atoms with Crippen LogP contribution in [0.4, 0.5) is 0 Å².